The topological polar surface area (TPSA) is 59.4 Å². The van der Waals surface area contributed by atoms with Crippen LogP contribution in [0.25, 0.3) is 22.6 Å². The van der Waals surface area contributed by atoms with Gasteiger partial charge in [-0.25, -0.2) is 9.78 Å². The van der Waals surface area contributed by atoms with Crippen LogP contribution in [0.5, 0.6) is 5.75 Å². The summed E-state index contributed by atoms with van der Waals surface area (Å²) in [6, 6.07) is 15.3. The van der Waals surface area contributed by atoms with Crippen LogP contribution in [0.15, 0.2) is 48.5 Å². The zero-order valence-electron chi connectivity index (χ0n) is 14.5. The van der Waals surface area contributed by atoms with Gasteiger partial charge in [0.25, 0.3) is 0 Å². The molecule has 1 aromatic heterocycles. The maximum atomic E-state index is 11.9. The van der Waals surface area contributed by atoms with Gasteiger partial charge in [-0.05, 0) is 49.1 Å². The van der Waals surface area contributed by atoms with E-state index in [-0.39, 0.29) is 0 Å². The predicted molar refractivity (Wildman–Crippen MR) is 103 cm³/mol. The highest BCUT2D eigenvalue weighted by Crippen LogP contribution is 2.38. The van der Waals surface area contributed by atoms with Crippen LogP contribution in [-0.2, 0) is 6.42 Å². The number of carboxylic acids is 1. The minimum atomic E-state index is -0.893. The van der Waals surface area contributed by atoms with Crippen molar-refractivity contribution >= 4 is 28.5 Å². The standard InChI is InChI=1S/C22H19NO3/c1-2-26-19-10-6-3-7-14(19)13-15-11-12-17-20(22(24)25)16-8-4-5-9-18(16)23-21(15)17/h3-10,13H,2,11-12H2,1H3,(H,24,25). The molecule has 1 aliphatic carbocycles. The molecular formula is C22H19NO3. The third-order valence-electron chi connectivity index (χ3n) is 4.70. The number of carboxylic acid groups (broad SMARTS) is 1. The van der Waals surface area contributed by atoms with Crippen molar-refractivity contribution in [1.29, 1.82) is 0 Å². The number of fused-ring (bicyclic) bond motifs is 2. The number of hydrogen-bond acceptors (Lipinski definition) is 3. The summed E-state index contributed by atoms with van der Waals surface area (Å²) in [5.74, 6) is -0.0639. The van der Waals surface area contributed by atoms with E-state index in [0.29, 0.717) is 24.0 Å². The Balaban J connectivity index is 1.90. The lowest BCUT2D eigenvalue weighted by Gasteiger charge is -2.10. The summed E-state index contributed by atoms with van der Waals surface area (Å²) in [4.78, 5) is 16.7. The molecule has 0 fully saturated rings. The number of ether oxygens (including phenoxy) is 1. The molecule has 0 radical (unpaired) electrons. The van der Waals surface area contributed by atoms with Crippen molar-refractivity contribution < 1.29 is 14.6 Å². The summed E-state index contributed by atoms with van der Waals surface area (Å²) in [5, 5.41) is 10.5. The highest BCUT2D eigenvalue weighted by atomic mass is 16.5. The molecule has 1 aliphatic rings. The lowest BCUT2D eigenvalue weighted by atomic mass is 10.0. The van der Waals surface area contributed by atoms with Crippen LogP contribution in [0, 0.1) is 0 Å². The molecule has 3 aromatic rings. The lowest BCUT2D eigenvalue weighted by molar-refractivity contribution is 0.0698. The molecule has 26 heavy (non-hydrogen) atoms. The first-order valence-electron chi connectivity index (χ1n) is 8.76. The summed E-state index contributed by atoms with van der Waals surface area (Å²) >= 11 is 0. The quantitative estimate of drug-likeness (QED) is 0.736. The van der Waals surface area contributed by atoms with Crippen LogP contribution in [0.4, 0.5) is 0 Å². The first-order valence-corrected chi connectivity index (χ1v) is 8.76. The highest BCUT2D eigenvalue weighted by molar-refractivity contribution is 6.06. The number of nitrogens with zero attached hydrogens (tertiary/aromatic N) is 1. The Hall–Kier alpha value is -3.14. The smallest absolute Gasteiger partial charge is 0.336 e. The number of pyridine rings is 1. The van der Waals surface area contributed by atoms with Crippen molar-refractivity contribution in [3.8, 4) is 5.75 Å². The van der Waals surface area contributed by atoms with Gasteiger partial charge in [0.05, 0.1) is 23.4 Å². The molecule has 0 spiro atoms. The van der Waals surface area contributed by atoms with Gasteiger partial charge in [-0.2, -0.15) is 0 Å². The van der Waals surface area contributed by atoms with Crippen LogP contribution < -0.4 is 4.74 Å². The zero-order valence-corrected chi connectivity index (χ0v) is 14.5. The predicted octanol–water partition coefficient (Wildman–Crippen LogP) is 4.82. The van der Waals surface area contributed by atoms with Crippen molar-refractivity contribution in [3.63, 3.8) is 0 Å². The molecule has 0 atom stereocenters. The Morgan fingerprint density at radius 2 is 1.92 bits per heavy atom. The monoisotopic (exact) mass is 345 g/mol. The second-order valence-electron chi connectivity index (χ2n) is 6.28. The van der Waals surface area contributed by atoms with Crippen molar-refractivity contribution in [1.82, 2.24) is 4.98 Å². The second-order valence-corrected chi connectivity index (χ2v) is 6.28. The normalized spacial score (nSPS) is 14.6. The lowest BCUT2D eigenvalue weighted by Crippen LogP contribution is -2.05. The first kappa shape index (κ1) is 16.3. The van der Waals surface area contributed by atoms with Crippen molar-refractivity contribution in [3.05, 3.63) is 70.9 Å². The largest absolute Gasteiger partial charge is 0.493 e. The minimum absolute atomic E-state index is 0.382. The van der Waals surface area contributed by atoms with Gasteiger partial charge in [-0.15, -0.1) is 0 Å². The number of aromatic nitrogens is 1. The van der Waals surface area contributed by atoms with Gasteiger partial charge >= 0.3 is 5.97 Å². The first-order chi connectivity index (χ1) is 12.7. The molecule has 4 nitrogen and oxygen atoms in total. The summed E-state index contributed by atoms with van der Waals surface area (Å²) in [7, 11) is 0. The number of allylic oxidation sites excluding steroid dienone is 1. The molecule has 1 N–H and O–H groups in total. The fraction of sp³-hybridized carbons (Fsp3) is 0.182. The Morgan fingerprint density at radius 3 is 2.73 bits per heavy atom. The van der Waals surface area contributed by atoms with Gasteiger partial charge < -0.3 is 9.84 Å². The number of hydrogen-bond donors (Lipinski definition) is 1. The van der Waals surface area contributed by atoms with Gasteiger partial charge in [-0.3, -0.25) is 0 Å². The molecule has 0 saturated heterocycles. The fourth-order valence-electron chi connectivity index (χ4n) is 3.60. The summed E-state index contributed by atoms with van der Waals surface area (Å²) in [5.41, 5.74) is 4.77. The molecule has 0 aliphatic heterocycles. The Kier molecular flexibility index (Phi) is 4.17. The van der Waals surface area contributed by atoms with Gasteiger partial charge in [0, 0.05) is 10.9 Å². The van der Waals surface area contributed by atoms with Crippen LogP contribution in [0.1, 0.15) is 40.5 Å². The van der Waals surface area contributed by atoms with E-state index in [4.69, 9.17) is 9.72 Å². The van der Waals surface area contributed by atoms with Gasteiger partial charge in [0.15, 0.2) is 0 Å². The molecule has 0 bridgehead atoms. The van der Waals surface area contributed by atoms with E-state index in [0.717, 1.165) is 40.1 Å². The SMILES string of the molecule is CCOc1ccccc1C=C1CCc2c1nc1ccccc1c2C(=O)O. The van der Waals surface area contributed by atoms with Crippen LogP contribution >= 0.6 is 0 Å². The van der Waals surface area contributed by atoms with Crippen molar-refractivity contribution in [2.75, 3.05) is 6.61 Å². The fourth-order valence-corrected chi connectivity index (χ4v) is 3.60. The average Bonchev–Trinajstić information content (AvgIpc) is 3.03. The molecule has 2 aromatic carbocycles. The van der Waals surface area contributed by atoms with Gasteiger partial charge in [0.2, 0.25) is 0 Å². The number of aromatic carboxylic acids is 1. The molecule has 1 heterocycles. The third-order valence-corrected chi connectivity index (χ3v) is 4.70. The Morgan fingerprint density at radius 1 is 1.15 bits per heavy atom. The molecule has 0 amide bonds. The number of para-hydroxylation sites is 2. The molecule has 0 saturated carbocycles. The van der Waals surface area contributed by atoms with Crippen molar-refractivity contribution in [2.24, 2.45) is 0 Å². The van der Waals surface area contributed by atoms with Crippen LogP contribution in [-0.4, -0.2) is 22.7 Å². The number of carbonyl (C=O) groups is 1. The van der Waals surface area contributed by atoms with E-state index < -0.39 is 5.97 Å². The molecule has 130 valence electrons. The third kappa shape index (κ3) is 2.73. The average molecular weight is 345 g/mol. The van der Waals surface area contributed by atoms with Crippen LogP contribution in [0.3, 0.4) is 0 Å². The van der Waals surface area contributed by atoms with E-state index in [2.05, 4.69) is 6.08 Å². The Bertz CT molecular complexity index is 1040. The summed E-state index contributed by atoms with van der Waals surface area (Å²) in [6.45, 7) is 2.56. The molecule has 4 heteroatoms. The van der Waals surface area contributed by atoms with Gasteiger partial charge in [0.1, 0.15) is 5.75 Å². The van der Waals surface area contributed by atoms with E-state index >= 15 is 0 Å². The van der Waals surface area contributed by atoms with Crippen molar-refractivity contribution in [2.45, 2.75) is 19.8 Å². The molecule has 0 unspecified atom stereocenters. The van der Waals surface area contributed by atoms with E-state index in [1.165, 1.54) is 0 Å². The number of rotatable bonds is 4. The zero-order chi connectivity index (χ0) is 18.1. The summed E-state index contributed by atoms with van der Waals surface area (Å²) < 4.78 is 5.71. The maximum Gasteiger partial charge on any atom is 0.336 e. The van der Waals surface area contributed by atoms with E-state index in [1.54, 1.807) is 0 Å². The minimum Gasteiger partial charge on any atom is -0.493 e. The van der Waals surface area contributed by atoms with E-state index in [1.807, 2.05) is 55.5 Å². The second kappa shape index (κ2) is 6.64. The molecule has 4 rings (SSSR count). The maximum absolute atomic E-state index is 11.9. The van der Waals surface area contributed by atoms with E-state index in [9.17, 15) is 9.90 Å². The van der Waals surface area contributed by atoms with Gasteiger partial charge in [-0.1, -0.05) is 36.4 Å². The highest BCUT2D eigenvalue weighted by Gasteiger charge is 2.26. The molecular weight excluding hydrogens is 326 g/mol. The Labute approximate surface area is 151 Å². The summed E-state index contributed by atoms with van der Waals surface area (Å²) in [6.07, 6.45) is 3.54. The van der Waals surface area contributed by atoms with Crippen LogP contribution in [0.2, 0.25) is 0 Å². The number of benzene rings is 2.